The molecule has 0 radical (unpaired) electrons. The van der Waals surface area contributed by atoms with E-state index in [1.54, 1.807) is 11.8 Å². The molecule has 29 heavy (non-hydrogen) atoms. The minimum Gasteiger partial charge on any atom is -0.481 e. The van der Waals surface area contributed by atoms with Gasteiger partial charge in [0, 0.05) is 24.5 Å². The quantitative estimate of drug-likeness (QED) is 0.469. The van der Waals surface area contributed by atoms with Gasteiger partial charge in [-0.2, -0.15) is 0 Å². The fraction of sp³-hybridized carbons (Fsp3) is 0.476. The van der Waals surface area contributed by atoms with Crippen molar-refractivity contribution in [1.29, 1.82) is 0 Å². The van der Waals surface area contributed by atoms with Gasteiger partial charge in [0.15, 0.2) is 11.1 Å². The molecule has 0 aromatic heterocycles. The number of carbonyl (C=O) groups is 1. The average molecular weight is 418 g/mol. The lowest BCUT2D eigenvalue weighted by molar-refractivity contribution is -0.143. The lowest BCUT2D eigenvalue weighted by Crippen LogP contribution is -2.39. The monoisotopic (exact) mass is 417 g/mol. The van der Waals surface area contributed by atoms with E-state index in [1.807, 2.05) is 38.3 Å². The molecule has 2 aliphatic rings. The Morgan fingerprint density at radius 2 is 2.17 bits per heavy atom. The average Bonchev–Trinajstić information content (AvgIpc) is 2.93. The predicted molar refractivity (Wildman–Crippen MR) is 122 cm³/mol. The smallest absolute Gasteiger partial charge is 0.306 e. The summed E-state index contributed by atoms with van der Waals surface area (Å²) in [5.41, 5.74) is 8.87. The molecule has 0 bridgehead atoms. The Kier molecular flexibility index (Phi) is 9.05. The third-order valence-corrected chi connectivity index (χ3v) is 5.61. The maximum absolute atomic E-state index is 11.1. The number of aliphatic carboxylic acids is 1. The van der Waals surface area contributed by atoms with E-state index in [9.17, 15) is 9.90 Å². The van der Waals surface area contributed by atoms with Crippen molar-refractivity contribution in [2.45, 2.75) is 33.1 Å². The molecule has 1 aliphatic heterocycles. The zero-order valence-corrected chi connectivity index (χ0v) is 18.2. The molecule has 1 aliphatic carbocycles. The van der Waals surface area contributed by atoms with E-state index >= 15 is 0 Å². The molecule has 0 atom stereocenters. The maximum atomic E-state index is 11.1. The summed E-state index contributed by atoms with van der Waals surface area (Å²) >= 11 is 1.61. The Balaban J connectivity index is 2.02. The number of likely N-dealkylation sites (tertiary alicyclic amines) is 1. The Labute approximate surface area is 177 Å². The standard InChI is InChI=1S/C21H31N5O2S/c1-4-15(2)24-20(22)25-18-8-6-5-7-16(13-18)14-23-21(29-3)26-11-9-17(10-12-26)19(27)28/h4-6,8,13,17H,7,9-12,14H2,1-3H3,(H,27,28)(H3,22,24,25)/b15-4-,23-21?. The fourth-order valence-electron chi connectivity index (χ4n) is 3.12. The first-order valence-electron chi connectivity index (χ1n) is 9.79. The van der Waals surface area contributed by atoms with E-state index in [2.05, 4.69) is 27.4 Å². The highest BCUT2D eigenvalue weighted by molar-refractivity contribution is 8.13. The highest BCUT2D eigenvalue weighted by Gasteiger charge is 2.25. The molecule has 4 N–H and O–H groups in total. The SMILES string of the molecule is C/C=C(/C)N=C(N)NC1=CC=CCC(CN=C(SC)N2CCC(C(=O)O)CC2)=C1. The summed E-state index contributed by atoms with van der Waals surface area (Å²) in [4.78, 5) is 22.4. The molecular formula is C21H31N5O2S. The maximum Gasteiger partial charge on any atom is 0.306 e. The van der Waals surface area contributed by atoms with Crippen LogP contribution < -0.4 is 11.1 Å². The zero-order chi connectivity index (χ0) is 21.2. The molecule has 1 fully saturated rings. The summed E-state index contributed by atoms with van der Waals surface area (Å²) < 4.78 is 0. The number of allylic oxidation sites excluding steroid dienone is 6. The number of amidine groups is 1. The van der Waals surface area contributed by atoms with E-state index in [0.717, 1.165) is 36.1 Å². The van der Waals surface area contributed by atoms with Crippen LogP contribution in [0.3, 0.4) is 0 Å². The number of carboxylic acid groups (broad SMARTS) is 1. The summed E-state index contributed by atoms with van der Waals surface area (Å²) in [7, 11) is 0. The van der Waals surface area contributed by atoms with Crippen molar-refractivity contribution in [2.75, 3.05) is 25.9 Å². The summed E-state index contributed by atoms with van der Waals surface area (Å²) in [6.07, 6.45) is 14.2. The summed E-state index contributed by atoms with van der Waals surface area (Å²) in [6.45, 7) is 5.88. The minimum atomic E-state index is -0.693. The first kappa shape index (κ1) is 22.8. The first-order chi connectivity index (χ1) is 13.9. The van der Waals surface area contributed by atoms with Gasteiger partial charge < -0.3 is 21.1 Å². The van der Waals surface area contributed by atoms with Gasteiger partial charge in [0.2, 0.25) is 0 Å². The van der Waals surface area contributed by atoms with Gasteiger partial charge in [-0.25, -0.2) is 4.99 Å². The number of hydrogen-bond acceptors (Lipinski definition) is 4. The normalized spacial score (nSPS) is 19.6. The number of thioether (sulfide) groups is 1. The van der Waals surface area contributed by atoms with Crippen molar-refractivity contribution in [2.24, 2.45) is 21.6 Å². The lowest BCUT2D eigenvalue weighted by atomic mass is 9.98. The van der Waals surface area contributed by atoms with Crippen molar-refractivity contribution in [3.63, 3.8) is 0 Å². The third-order valence-electron chi connectivity index (χ3n) is 4.85. The van der Waals surface area contributed by atoms with E-state index in [0.29, 0.717) is 25.3 Å². The van der Waals surface area contributed by atoms with E-state index in [-0.39, 0.29) is 5.92 Å². The Hall–Kier alpha value is -2.48. The van der Waals surface area contributed by atoms with Crippen LogP contribution >= 0.6 is 11.8 Å². The third kappa shape index (κ3) is 7.45. The number of aliphatic imine (C=N–C) groups is 2. The zero-order valence-electron chi connectivity index (χ0n) is 17.4. The van der Waals surface area contributed by atoms with Crippen LogP contribution in [0.15, 0.2) is 57.3 Å². The van der Waals surface area contributed by atoms with Crippen LogP contribution in [-0.2, 0) is 4.79 Å². The van der Waals surface area contributed by atoms with Gasteiger partial charge in [-0.15, -0.1) is 0 Å². The molecule has 0 amide bonds. The van der Waals surface area contributed by atoms with Crippen molar-refractivity contribution >= 4 is 28.9 Å². The van der Waals surface area contributed by atoms with E-state index < -0.39 is 5.97 Å². The number of rotatable bonds is 5. The van der Waals surface area contributed by atoms with Crippen molar-refractivity contribution in [1.82, 2.24) is 10.2 Å². The van der Waals surface area contributed by atoms with Gasteiger partial charge in [-0.1, -0.05) is 30.0 Å². The number of nitrogens with zero attached hydrogens (tertiary/aromatic N) is 3. The second-order valence-electron chi connectivity index (χ2n) is 7.01. The molecule has 7 nitrogen and oxygen atoms in total. The summed E-state index contributed by atoms with van der Waals surface area (Å²) in [5.74, 6) is -0.574. The Morgan fingerprint density at radius 1 is 1.45 bits per heavy atom. The number of piperidine rings is 1. The molecule has 2 rings (SSSR count). The number of nitrogens with two attached hydrogens (primary N) is 1. The molecular weight excluding hydrogens is 386 g/mol. The van der Waals surface area contributed by atoms with Gasteiger partial charge in [-0.05, 0) is 57.1 Å². The van der Waals surface area contributed by atoms with Crippen LogP contribution in [0.5, 0.6) is 0 Å². The molecule has 0 saturated carbocycles. The second kappa shape index (κ2) is 11.5. The van der Waals surface area contributed by atoms with Crippen LogP contribution in [0.4, 0.5) is 0 Å². The molecule has 1 saturated heterocycles. The minimum absolute atomic E-state index is 0.235. The highest BCUT2D eigenvalue weighted by Crippen LogP contribution is 2.21. The van der Waals surface area contributed by atoms with E-state index in [4.69, 9.17) is 10.7 Å². The van der Waals surface area contributed by atoms with Crippen molar-refractivity contribution < 1.29 is 9.90 Å². The first-order valence-corrected chi connectivity index (χ1v) is 11.0. The highest BCUT2D eigenvalue weighted by atomic mass is 32.2. The lowest BCUT2D eigenvalue weighted by Gasteiger charge is -2.31. The Morgan fingerprint density at radius 3 is 2.79 bits per heavy atom. The molecule has 0 spiro atoms. The van der Waals surface area contributed by atoms with Gasteiger partial charge in [0.05, 0.1) is 12.5 Å². The van der Waals surface area contributed by atoms with Crippen molar-refractivity contribution in [3.05, 3.63) is 47.3 Å². The molecule has 0 unspecified atom stereocenters. The fourth-order valence-corrected chi connectivity index (χ4v) is 3.75. The molecule has 1 heterocycles. The van der Waals surface area contributed by atoms with Gasteiger partial charge >= 0.3 is 5.97 Å². The number of hydrogen-bond donors (Lipinski definition) is 3. The van der Waals surface area contributed by atoms with E-state index in [1.165, 1.54) is 5.57 Å². The number of guanidine groups is 1. The largest absolute Gasteiger partial charge is 0.481 e. The predicted octanol–water partition coefficient (Wildman–Crippen LogP) is 3.10. The summed E-state index contributed by atoms with van der Waals surface area (Å²) in [5, 5.41) is 13.3. The van der Waals surface area contributed by atoms with Crippen molar-refractivity contribution in [3.8, 4) is 0 Å². The van der Waals surface area contributed by atoms with Gasteiger partial charge in [0.1, 0.15) is 0 Å². The Bertz CT molecular complexity index is 772. The van der Waals surface area contributed by atoms with Crippen LogP contribution in [0.25, 0.3) is 0 Å². The molecule has 8 heteroatoms. The number of nitrogens with one attached hydrogen (secondary N) is 1. The van der Waals surface area contributed by atoms with Crippen LogP contribution in [-0.4, -0.2) is 53.0 Å². The van der Waals surface area contributed by atoms with Gasteiger partial charge in [0.25, 0.3) is 0 Å². The number of carboxylic acids is 1. The van der Waals surface area contributed by atoms with Crippen LogP contribution in [0, 0.1) is 5.92 Å². The van der Waals surface area contributed by atoms with Gasteiger partial charge in [-0.3, -0.25) is 9.79 Å². The van der Waals surface area contributed by atoms with Crippen LogP contribution in [0.1, 0.15) is 33.1 Å². The summed E-state index contributed by atoms with van der Waals surface area (Å²) in [6, 6.07) is 0. The second-order valence-corrected chi connectivity index (χ2v) is 7.78. The topological polar surface area (TPSA) is 103 Å². The molecule has 158 valence electrons. The molecule has 0 aromatic rings. The molecule has 0 aromatic carbocycles. The van der Waals surface area contributed by atoms with Crippen LogP contribution in [0.2, 0.25) is 0 Å².